The van der Waals surface area contributed by atoms with E-state index in [-0.39, 0.29) is 11.4 Å². The van der Waals surface area contributed by atoms with Crippen LogP contribution in [0.15, 0.2) is 24.3 Å². The van der Waals surface area contributed by atoms with Gasteiger partial charge < -0.3 is 20.5 Å². The molecular formula is C18H28N2O3. The lowest BCUT2D eigenvalue weighted by atomic mass is 9.78. The number of benzene rings is 1. The minimum Gasteiger partial charge on any atom is -0.496 e. The Kier molecular flexibility index (Phi) is 6.28. The maximum absolute atomic E-state index is 12.0. The van der Waals surface area contributed by atoms with Crippen molar-refractivity contribution in [3.8, 4) is 5.75 Å². The molecule has 128 valence electrons. The Labute approximate surface area is 138 Å². The molecule has 23 heavy (non-hydrogen) atoms. The molecule has 1 unspecified atom stereocenters. The molecule has 2 rings (SSSR count). The molecule has 0 bridgehead atoms. The number of hydrogen-bond donors (Lipinski definition) is 3. The highest BCUT2D eigenvalue weighted by molar-refractivity contribution is 5.74. The molecule has 1 aromatic rings. The van der Waals surface area contributed by atoms with Crippen molar-refractivity contribution in [2.24, 2.45) is 0 Å². The molecule has 0 heterocycles. The standard InChI is InChI=1S/C18H28N2O3/c1-14(21)9-12-19-17(22)20-13-18(10-5-6-11-18)15-7-3-4-8-16(15)23-2/h3-4,7-8,14,21H,5-6,9-13H2,1-2H3,(H2,19,20,22). The van der Waals surface area contributed by atoms with Crippen LogP contribution in [0.1, 0.15) is 44.6 Å². The summed E-state index contributed by atoms with van der Waals surface area (Å²) in [6.45, 7) is 2.80. The van der Waals surface area contributed by atoms with Gasteiger partial charge in [-0.2, -0.15) is 0 Å². The van der Waals surface area contributed by atoms with Crippen LogP contribution in [0.2, 0.25) is 0 Å². The molecule has 3 N–H and O–H groups in total. The third-order valence-corrected chi connectivity index (χ3v) is 4.67. The Morgan fingerprint density at radius 1 is 1.30 bits per heavy atom. The number of carbonyl (C=O) groups excluding carboxylic acids is 1. The third kappa shape index (κ3) is 4.61. The van der Waals surface area contributed by atoms with Gasteiger partial charge in [0.2, 0.25) is 0 Å². The minimum absolute atomic E-state index is 0.0474. The number of ether oxygens (including phenoxy) is 1. The summed E-state index contributed by atoms with van der Waals surface area (Å²) in [6.07, 6.45) is 4.62. The quantitative estimate of drug-likeness (QED) is 0.723. The second-order valence-electron chi connectivity index (χ2n) is 6.43. The van der Waals surface area contributed by atoms with E-state index >= 15 is 0 Å². The number of para-hydroxylation sites is 1. The van der Waals surface area contributed by atoms with E-state index in [2.05, 4.69) is 16.7 Å². The maximum atomic E-state index is 12.0. The first-order valence-electron chi connectivity index (χ1n) is 8.41. The number of urea groups is 1. The molecule has 1 fully saturated rings. The van der Waals surface area contributed by atoms with Gasteiger partial charge in [0.25, 0.3) is 0 Å². The minimum atomic E-state index is -0.398. The molecular weight excluding hydrogens is 292 g/mol. The van der Waals surface area contributed by atoms with Crippen LogP contribution in [0, 0.1) is 0 Å². The molecule has 0 spiro atoms. The normalized spacial score (nSPS) is 17.5. The molecule has 1 atom stereocenters. The molecule has 0 aliphatic heterocycles. The second kappa shape index (κ2) is 8.20. The number of rotatable bonds is 7. The summed E-state index contributed by atoms with van der Waals surface area (Å²) < 4.78 is 5.52. The van der Waals surface area contributed by atoms with Gasteiger partial charge in [-0.25, -0.2) is 4.79 Å². The molecule has 5 nitrogen and oxygen atoms in total. The van der Waals surface area contributed by atoms with Crippen molar-refractivity contribution in [3.63, 3.8) is 0 Å². The van der Waals surface area contributed by atoms with E-state index in [9.17, 15) is 9.90 Å². The van der Waals surface area contributed by atoms with Gasteiger partial charge in [-0.15, -0.1) is 0 Å². The number of methoxy groups -OCH3 is 1. The van der Waals surface area contributed by atoms with Gasteiger partial charge in [0.1, 0.15) is 5.75 Å². The van der Waals surface area contributed by atoms with Crippen molar-refractivity contribution in [1.29, 1.82) is 0 Å². The molecule has 2 amide bonds. The van der Waals surface area contributed by atoms with Crippen molar-refractivity contribution in [1.82, 2.24) is 10.6 Å². The molecule has 1 aliphatic rings. The van der Waals surface area contributed by atoms with Gasteiger partial charge in [-0.05, 0) is 32.3 Å². The zero-order valence-electron chi connectivity index (χ0n) is 14.1. The predicted molar refractivity (Wildman–Crippen MR) is 90.8 cm³/mol. The molecule has 1 aromatic carbocycles. The van der Waals surface area contributed by atoms with Crippen LogP contribution >= 0.6 is 0 Å². The third-order valence-electron chi connectivity index (χ3n) is 4.67. The van der Waals surface area contributed by atoms with Gasteiger partial charge in [-0.1, -0.05) is 31.0 Å². The Balaban J connectivity index is 2.00. The van der Waals surface area contributed by atoms with Crippen LogP contribution < -0.4 is 15.4 Å². The van der Waals surface area contributed by atoms with Crippen LogP contribution in [0.3, 0.4) is 0 Å². The van der Waals surface area contributed by atoms with Crippen LogP contribution in [-0.4, -0.2) is 37.4 Å². The molecule has 5 heteroatoms. The first-order valence-corrected chi connectivity index (χ1v) is 8.41. The molecule has 0 aromatic heterocycles. The first-order chi connectivity index (χ1) is 11.1. The zero-order valence-corrected chi connectivity index (χ0v) is 14.1. The van der Waals surface area contributed by atoms with Crippen LogP contribution in [0.5, 0.6) is 5.75 Å². The Morgan fingerprint density at radius 2 is 2.00 bits per heavy atom. The van der Waals surface area contributed by atoms with Crippen molar-refractivity contribution in [2.75, 3.05) is 20.2 Å². The first kappa shape index (κ1) is 17.6. The molecule has 0 saturated heterocycles. The van der Waals surface area contributed by atoms with E-state index < -0.39 is 6.10 Å². The number of aliphatic hydroxyl groups excluding tert-OH is 1. The number of hydrogen-bond acceptors (Lipinski definition) is 3. The summed E-state index contributed by atoms with van der Waals surface area (Å²) in [7, 11) is 1.69. The lowest BCUT2D eigenvalue weighted by Crippen LogP contribution is -2.44. The summed E-state index contributed by atoms with van der Waals surface area (Å²) in [5.41, 5.74) is 1.14. The average Bonchev–Trinajstić information content (AvgIpc) is 3.02. The summed E-state index contributed by atoms with van der Waals surface area (Å²) in [6, 6.07) is 7.92. The van der Waals surface area contributed by atoms with Crippen molar-refractivity contribution in [2.45, 2.75) is 50.5 Å². The summed E-state index contributed by atoms with van der Waals surface area (Å²) in [5, 5.41) is 15.0. The summed E-state index contributed by atoms with van der Waals surface area (Å²) in [4.78, 5) is 12.0. The van der Waals surface area contributed by atoms with E-state index in [4.69, 9.17) is 4.74 Å². The van der Waals surface area contributed by atoms with Crippen LogP contribution in [0.25, 0.3) is 0 Å². The van der Waals surface area contributed by atoms with Crippen molar-refractivity contribution in [3.05, 3.63) is 29.8 Å². The summed E-state index contributed by atoms with van der Waals surface area (Å²) in [5.74, 6) is 0.894. The lowest BCUT2D eigenvalue weighted by molar-refractivity contribution is 0.183. The summed E-state index contributed by atoms with van der Waals surface area (Å²) >= 11 is 0. The SMILES string of the molecule is COc1ccccc1C1(CNC(=O)NCCC(C)O)CCCC1. The van der Waals surface area contributed by atoms with Crippen LogP contribution in [0.4, 0.5) is 4.79 Å². The van der Waals surface area contributed by atoms with Gasteiger partial charge in [0.15, 0.2) is 0 Å². The van der Waals surface area contributed by atoms with Crippen molar-refractivity contribution >= 4 is 6.03 Å². The highest BCUT2D eigenvalue weighted by Gasteiger charge is 2.37. The Morgan fingerprint density at radius 3 is 2.65 bits per heavy atom. The largest absolute Gasteiger partial charge is 0.496 e. The topological polar surface area (TPSA) is 70.6 Å². The monoisotopic (exact) mass is 320 g/mol. The van der Waals surface area contributed by atoms with Crippen molar-refractivity contribution < 1.29 is 14.6 Å². The zero-order chi connectivity index (χ0) is 16.7. The van der Waals surface area contributed by atoms with Gasteiger partial charge in [-0.3, -0.25) is 0 Å². The Bertz CT molecular complexity index is 511. The fourth-order valence-corrected chi connectivity index (χ4v) is 3.38. The van der Waals surface area contributed by atoms with Gasteiger partial charge >= 0.3 is 6.03 Å². The van der Waals surface area contributed by atoms with Crippen LogP contribution in [-0.2, 0) is 5.41 Å². The smallest absolute Gasteiger partial charge is 0.314 e. The van der Waals surface area contributed by atoms with E-state index in [1.807, 2.05) is 18.2 Å². The fraction of sp³-hybridized carbons (Fsp3) is 0.611. The number of nitrogens with one attached hydrogen (secondary N) is 2. The average molecular weight is 320 g/mol. The number of carbonyl (C=O) groups is 1. The second-order valence-corrected chi connectivity index (χ2v) is 6.43. The number of amides is 2. The van der Waals surface area contributed by atoms with E-state index in [1.165, 1.54) is 18.4 Å². The highest BCUT2D eigenvalue weighted by Crippen LogP contribution is 2.44. The fourth-order valence-electron chi connectivity index (χ4n) is 3.38. The van der Waals surface area contributed by atoms with Gasteiger partial charge in [0, 0.05) is 24.1 Å². The van der Waals surface area contributed by atoms with Gasteiger partial charge in [0.05, 0.1) is 13.2 Å². The van der Waals surface area contributed by atoms with E-state index in [1.54, 1.807) is 14.0 Å². The number of aliphatic hydroxyl groups is 1. The molecule has 0 radical (unpaired) electrons. The molecule has 1 aliphatic carbocycles. The highest BCUT2D eigenvalue weighted by atomic mass is 16.5. The Hall–Kier alpha value is -1.75. The lowest BCUT2D eigenvalue weighted by Gasteiger charge is -2.31. The predicted octanol–water partition coefficient (Wildman–Crippen LogP) is 2.58. The molecule has 1 saturated carbocycles. The maximum Gasteiger partial charge on any atom is 0.314 e. The van der Waals surface area contributed by atoms with E-state index in [0.717, 1.165) is 18.6 Å². The van der Waals surface area contributed by atoms with E-state index in [0.29, 0.717) is 19.5 Å².